The second-order valence-electron chi connectivity index (χ2n) is 10.0. The van der Waals surface area contributed by atoms with Crippen LogP contribution < -0.4 is 10.1 Å². The van der Waals surface area contributed by atoms with Crippen LogP contribution in [-0.4, -0.2) is 38.1 Å². The summed E-state index contributed by atoms with van der Waals surface area (Å²) in [7, 11) is -2.98. The monoisotopic (exact) mass is 545 g/mol. The largest absolute Gasteiger partial charge is 0.494 e. The molecule has 2 N–H and O–H groups in total. The first-order chi connectivity index (χ1) is 18.7. The Hall–Kier alpha value is -3.76. The maximum absolute atomic E-state index is 11.4. The molecule has 4 rings (SSSR count). The van der Waals surface area contributed by atoms with E-state index in [-0.39, 0.29) is 18.1 Å². The summed E-state index contributed by atoms with van der Waals surface area (Å²) in [4.78, 5) is 11.2. The Labute approximate surface area is 231 Å². The molecule has 0 unspecified atom stereocenters. The minimum absolute atomic E-state index is 0.0129. The molecule has 0 fully saturated rings. The van der Waals surface area contributed by atoms with Crippen LogP contribution in [0.3, 0.4) is 0 Å². The van der Waals surface area contributed by atoms with E-state index in [1.165, 1.54) is 34.1 Å². The number of carbonyl (C=O) groups is 1. The fourth-order valence-electron chi connectivity index (χ4n) is 4.95. The van der Waals surface area contributed by atoms with Gasteiger partial charge in [0.25, 0.3) is 0 Å². The lowest BCUT2D eigenvalue weighted by molar-refractivity contribution is -0.137. The molecule has 0 heterocycles. The highest BCUT2D eigenvalue weighted by atomic mass is 32.2. The molecular formula is C32H35NO5S. The van der Waals surface area contributed by atoms with Crippen molar-refractivity contribution < 1.29 is 23.1 Å². The summed E-state index contributed by atoms with van der Waals surface area (Å²) in [5, 5.41) is 12.7. The smallest absolute Gasteiger partial charge is 0.304 e. The van der Waals surface area contributed by atoms with Crippen LogP contribution >= 0.6 is 0 Å². The lowest BCUT2D eigenvalue weighted by Gasteiger charge is -2.15. The van der Waals surface area contributed by atoms with Crippen LogP contribution in [0.1, 0.15) is 54.4 Å². The Kier molecular flexibility index (Phi) is 9.32. The van der Waals surface area contributed by atoms with E-state index in [4.69, 9.17) is 4.74 Å². The molecule has 6 nitrogen and oxygen atoms in total. The number of benzene rings is 3. The van der Waals surface area contributed by atoms with E-state index in [0.29, 0.717) is 19.6 Å². The van der Waals surface area contributed by atoms with Crippen LogP contribution in [-0.2, 0) is 34.0 Å². The second-order valence-corrected chi connectivity index (χ2v) is 12.3. The Morgan fingerprint density at radius 2 is 1.79 bits per heavy atom. The molecule has 0 spiro atoms. The molecule has 39 heavy (non-hydrogen) atoms. The molecule has 7 heteroatoms. The number of anilines is 1. The van der Waals surface area contributed by atoms with Crippen molar-refractivity contribution in [3.05, 3.63) is 82.9 Å². The average molecular weight is 546 g/mol. The van der Waals surface area contributed by atoms with E-state index >= 15 is 0 Å². The van der Waals surface area contributed by atoms with E-state index in [9.17, 15) is 18.3 Å². The fraction of sp³-hybridized carbons (Fsp3) is 0.344. The van der Waals surface area contributed by atoms with Gasteiger partial charge in [0.1, 0.15) is 15.6 Å². The Morgan fingerprint density at radius 3 is 2.51 bits per heavy atom. The molecule has 0 saturated carbocycles. The first kappa shape index (κ1) is 28.3. The second kappa shape index (κ2) is 12.9. The fourth-order valence-corrected chi connectivity index (χ4v) is 5.59. The zero-order chi connectivity index (χ0) is 27.8. The molecule has 0 aromatic heterocycles. The highest BCUT2D eigenvalue weighted by Crippen LogP contribution is 2.35. The van der Waals surface area contributed by atoms with Crippen molar-refractivity contribution in [3.63, 3.8) is 0 Å². The van der Waals surface area contributed by atoms with Gasteiger partial charge in [-0.2, -0.15) is 0 Å². The van der Waals surface area contributed by atoms with Gasteiger partial charge in [-0.05, 0) is 96.3 Å². The SMILES string of the molecule is CC#C[C@@H](CC(=O)O)c1ccc(NCc2ccc3c(c2)-c2ccc(OCCCS(C)(=O)=O)cc2CCC3)cc1. The predicted octanol–water partition coefficient (Wildman–Crippen LogP) is 5.85. The summed E-state index contributed by atoms with van der Waals surface area (Å²) in [5.74, 6) is 5.56. The van der Waals surface area contributed by atoms with Gasteiger partial charge in [0, 0.05) is 18.5 Å². The van der Waals surface area contributed by atoms with Gasteiger partial charge >= 0.3 is 5.97 Å². The number of aryl methyl sites for hydroxylation is 2. The van der Waals surface area contributed by atoms with Crippen LogP contribution in [0.2, 0.25) is 0 Å². The first-order valence-electron chi connectivity index (χ1n) is 13.3. The van der Waals surface area contributed by atoms with E-state index in [2.05, 4.69) is 47.5 Å². The molecule has 3 aromatic rings. The van der Waals surface area contributed by atoms with Gasteiger partial charge in [-0.3, -0.25) is 4.79 Å². The molecule has 1 atom stereocenters. The lowest BCUT2D eigenvalue weighted by atomic mass is 9.94. The molecular weight excluding hydrogens is 510 g/mol. The van der Waals surface area contributed by atoms with Crippen molar-refractivity contribution in [1.29, 1.82) is 0 Å². The zero-order valence-electron chi connectivity index (χ0n) is 22.5. The number of ether oxygens (including phenoxy) is 1. The number of carboxylic acids is 1. The molecule has 0 saturated heterocycles. The zero-order valence-corrected chi connectivity index (χ0v) is 23.3. The van der Waals surface area contributed by atoms with Crippen molar-refractivity contribution in [2.45, 2.75) is 51.5 Å². The topological polar surface area (TPSA) is 92.7 Å². The summed E-state index contributed by atoms with van der Waals surface area (Å²) in [5.41, 5.74) is 8.09. The summed E-state index contributed by atoms with van der Waals surface area (Å²) in [6.45, 7) is 2.77. The van der Waals surface area contributed by atoms with Gasteiger partial charge in [-0.15, -0.1) is 5.92 Å². The number of sulfone groups is 1. The van der Waals surface area contributed by atoms with E-state index in [1.807, 2.05) is 30.3 Å². The van der Waals surface area contributed by atoms with Gasteiger partial charge in [-0.25, -0.2) is 8.42 Å². The Morgan fingerprint density at radius 1 is 1.03 bits per heavy atom. The van der Waals surface area contributed by atoms with Crippen LogP contribution in [0.5, 0.6) is 5.75 Å². The van der Waals surface area contributed by atoms with Crippen LogP contribution in [0.4, 0.5) is 5.69 Å². The predicted molar refractivity (Wildman–Crippen MR) is 156 cm³/mol. The minimum atomic E-state index is -2.98. The van der Waals surface area contributed by atoms with E-state index < -0.39 is 15.8 Å². The standard InChI is InChI=1S/C32H35NO5S/c1-3-6-26(21-32(34)35)24-11-13-28(14-12-24)33-22-23-9-10-25-7-4-8-27-20-29(15-16-30(27)31(25)19-23)38-17-5-18-39(2,36)37/h9-16,19-20,26,33H,4-5,7-8,17-18,21-22H2,1-2H3,(H,34,35)/t26-/m0/s1. The molecule has 0 amide bonds. The third kappa shape index (κ3) is 8.11. The normalized spacial score (nSPS) is 13.2. The van der Waals surface area contributed by atoms with E-state index in [1.54, 1.807) is 6.92 Å². The number of nitrogens with one attached hydrogen (secondary N) is 1. The number of hydrogen-bond acceptors (Lipinski definition) is 5. The quantitative estimate of drug-likeness (QED) is 0.232. The van der Waals surface area contributed by atoms with Crippen LogP contribution in [0.25, 0.3) is 11.1 Å². The first-order valence-corrected chi connectivity index (χ1v) is 15.3. The lowest BCUT2D eigenvalue weighted by Crippen LogP contribution is -2.08. The van der Waals surface area contributed by atoms with Crippen molar-refractivity contribution in [3.8, 4) is 28.7 Å². The summed E-state index contributed by atoms with van der Waals surface area (Å²) < 4.78 is 28.6. The third-order valence-electron chi connectivity index (χ3n) is 6.87. The number of carboxylic acid groups (broad SMARTS) is 1. The van der Waals surface area contributed by atoms with Crippen molar-refractivity contribution in [1.82, 2.24) is 0 Å². The van der Waals surface area contributed by atoms with Crippen LogP contribution in [0.15, 0.2) is 60.7 Å². The third-order valence-corrected chi connectivity index (χ3v) is 7.90. The number of rotatable bonds is 11. The molecule has 1 aliphatic carbocycles. The number of fused-ring (bicyclic) bond motifs is 3. The van der Waals surface area contributed by atoms with Gasteiger partial charge in [0.05, 0.1) is 24.7 Å². The van der Waals surface area contributed by atoms with Gasteiger partial charge < -0.3 is 15.2 Å². The Bertz CT molecular complexity index is 1480. The molecule has 3 aromatic carbocycles. The van der Waals surface area contributed by atoms with Crippen molar-refractivity contribution >= 4 is 21.5 Å². The highest BCUT2D eigenvalue weighted by molar-refractivity contribution is 7.90. The van der Waals surface area contributed by atoms with Crippen LogP contribution in [0, 0.1) is 11.8 Å². The van der Waals surface area contributed by atoms with E-state index in [0.717, 1.165) is 36.3 Å². The maximum Gasteiger partial charge on any atom is 0.304 e. The average Bonchev–Trinajstić information content (AvgIpc) is 3.08. The molecule has 0 radical (unpaired) electrons. The highest BCUT2D eigenvalue weighted by Gasteiger charge is 2.16. The minimum Gasteiger partial charge on any atom is -0.494 e. The molecule has 0 aliphatic heterocycles. The Balaban J connectivity index is 1.44. The summed E-state index contributed by atoms with van der Waals surface area (Å²) in [6, 6.07) is 20.7. The molecule has 1 aliphatic rings. The van der Waals surface area contributed by atoms with Gasteiger partial charge in [0.2, 0.25) is 0 Å². The van der Waals surface area contributed by atoms with Crippen molar-refractivity contribution in [2.24, 2.45) is 0 Å². The maximum atomic E-state index is 11.4. The molecule has 0 bridgehead atoms. The summed E-state index contributed by atoms with van der Waals surface area (Å²) >= 11 is 0. The number of aliphatic carboxylic acids is 1. The summed E-state index contributed by atoms with van der Waals surface area (Å²) in [6.07, 6.45) is 4.76. The van der Waals surface area contributed by atoms with Gasteiger partial charge in [0.15, 0.2) is 0 Å². The van der Waals surface area contributed by atoms with Gasteiger partial charge in [-0.1, -0.05) is 36.3 Å². The number of hydrogen-bond donors (Lipinski definition) is 2. The molecule has 204 valence electrons. The van der Waals surface area contributed by atoms with Crippen molar-refractivity contribution in [2.75, 3.05) is 23.9 Å².